The highest BCUT2D eigenvalue weighted by molar-refractivity contribution is 6.32. The van der Waals surface area contributed by atoms with E-state index in [9.17, 15) is 9.59 Å². The van der Waals surface area contributed by atoms with Gasteiger partial charge in [0, 0.05) is 17.9 Å². The van der Waals surface area contributed by atoms with Gasteiger partial charge in [-0.1, -0.05) is 30.2 Å². The number of hydrogen-bond acceptors (Lipinski definition) is 3. The Morgan fingerprint density at radius 1 is 1.30 bits per heavy atom. The molecule has 5 nitrogen and oxygen atoms in total. The molecule has 124 valence electrons. The Bertz CT molecular complexity index is 616. The lowest BCUT2D eigenvalue weighted by Gasteiger charge is -2.29. The number of para-hydroxylation sites is 1. The number of fused-ring (bicyclic) bond motifs is 1. The van der Waals surface area contributed by atoms with Crippen molar-refractivity contribution >= 4 is 23.4 Å². The first kappa shape index (κ1) is 16.1. The summed E-state index contributed by atoms with van der Waals surface area (Å²) < 4.78 is 5.59. The van der Waals surface area contributed by atoms with Gasteiger partial charge in [-0.2, -0.15) is 0 Å². The third-order valence-electron chi connectivity index (χ3n) is 4.57. The summed E-state index contributed by atoms with van der Waals surface area (Å²) in [4.78, 5) is 24.3. The van der Waals surface area contributed by atoms with Crippen LogP contribution < -0.4 is 15.4 Å². The van der Waals surface area contributed by atoms with Crippen molar-refractivity contribution in [1.29, 1.82) is 0 Å². The van der Waals surface area contributed by atoms with Gasteiger partial charge in [-0.25, -0.2) is 0 Å². The number of halogens is 1. The second-order valence-corrected chi connectivity index (χ2v) is 6.62. The van der Waals surface area contributed by atoms with Crippen LogP contribution in [0.4, 0.5) is 0 Å². The Labute approximate surface area is 140 Å². The first-order chi connectivity index (χ1) is 11.1. The SMILES string of the molecule is C[C@@H](NC(=O)C1CCC1)C(=O)N[C@H]1CCOc2c(Cl)cccc21. The molecule has 0 spiro atoms. The van der Waals surface area contributed by atoms with E-state index in [1.807, 2.05) is 12.1 Å². The van der Waals surface area contributed by atoms with Gasteiger partial charge >= 0.3 is 0 Å². The molecule has 2 atom stereocenters. The van der Waals surface area contributed by atoms with E-state index < -0.39 is 6.04 Å². The summed E-state index contributed by atoms with van der Waals surface area (Å²) in [6.07, 6.45) is 3.62. The van der Waals surface area contributed by atoms with Gasteiger partial charge in [0.2, 0.25) is 11.8 Å². The second kappa shape index (κ2) is 6.79. The third-order valence-corrected chi connectivity index (χ3v) is 4.87. The molecule has 0 saturated heterocycles. The monoisotopic (exact) mass is 336 g/mol. The summed E-state index contributed by atoms with van der Waals surface area (Å²) in [5.74, 6) is 0.509. The number of ether oxygens (including phenoxy) is 1. The lowest BCUT2D eigenvalue weighted by Crippen LogP contribution is -2.48. The molecule has 1 aromatic carbocycles. The van der Waals surface area contributed by atoms with Crippen LogP contribution in [0.5, 0.6) is 5.75 Å². The fraction of sp³-hybridized carbons (Fsp3) is 0.529. The normalized spacial score (nSPS) is 21.4. The lowest BCUT2D eigenvalue weighted by molar-refractivity contribution is -0.132. The van der Waals surface area contributed by atoms with Crippen LogP contribution >= 0.6 is 11.6 Å². The van der Waals surface area contributed by atoms with Gasteiger partial charge in [-0.15, -0.1) is 0 Å². The van der Waals surface area contributed by atoms with E-state index >= 15 is 0 Å². The molecule has 3 rings (SSSR count). The highest BCUT2D eigenvalue weighted by Gasteiger charge is 2.29. The molecule has 1 saturated carbocycles. The van der Waals surface area contributed by atoms with Crippen molar-refractivity contribution < 1.29 is 14.3 Å². The van der Waals surface area contributed by atoms with Crippen molar-refractivity contribution in [2.45, 2.75) is 44.7 Å². The van der Waals surface area contributed by atoms with Gasteiger partial charge in [0.25, 0.3) is 0 Å². The fourth-order valence-electron chi connectivity index (χ4n) is 2.90. The van der Waals surface area contributed by atoms with E-state index in [2.05, 4.69) is 10.6 Å². The van der Waals surface area contributed by atoms with Crippen molar-refractivity contribution in [1.82, 2.24) is 10.6 Å². The number of carbonyl (C=O) groups is 2. The zero-order valence-corrected chi connectivity index (χ0v) is 13.9. The van der Waals surface area contributed by atoms with Crippen molar-refractivity contribution in [3.05, 3.63) is 28.8 Å². The molecule has 1 aliphatic carbocycles. The molecule has 1 fully saturated rings. The Morgan fingerprint density at radius 3 is 2.78 bits per heavy atom. The van der Waals surface area contributed by atoms with Gasteiger partial charge in [0.05, 0.1) is 17.7 Å². The van der Waals surface area contributed by atoms with Gasteiger partial charge in [0.1, 0.15) is 11.8 Å². The number of carbonyl (C=O) groups excluding carboxylic acids is 2. The van der Waals surface area contributed by atoms with Crippen LogP contribution in [0.1, 0.15) is 44.2 Å². The van der Waals surface area contributed by atoms with Crippen LogP contribution in [0.3, 0.4) is 0 Å². The Kier molecular flexibility index (Phi) is 4.76. The molecular weight excluding hydrogens is 316 g/mol. The molecule has 0 aromatic heterocycles. The maximum Gasteiger partial charge on any atom is 0.242 e. The second-order valence-electron chi connectivity index (χ2n) is 6.21. The van der Waals surface area contributed by atoms with E-state index in [0.29, 0.717) is 23.8 Å². The van der Waals surface area contributed by atoms with Crippen LogP contribution in [0.2, 0.25) is 5.02 Å². The molecule has 23 heavy (non-hydrogen) atoms. The molecule has 2 amide bonds. The minimum absolute atomic E-state index is 0.0191. The maximum atomic E-state index is 12.4. The number of benzene rings is 1. The molecule has 1 aromatic rings. The fourth-order valence-corrected chi connectivity index (χ4v) is 3.14. The third kappa shape index (κ3) is 3.44. The zero-order valence-electron chi connectivity index (χ0n) is 13.1. The van der Waals surface area contributed by atoms with E-state index in [0.717, 1.165) is 24.8 Å². The predicted octanol–water partition coefficient (Wildman–Crippen LogP) is 2.58. The average molecular weight is 337 g/mol. The molecular formula is C17H21ClN2O3. The topological polar surface area (TPSA) is 67.4 Å². The van der Waals surface area contributed by atoms with Crippen LogP contribution in [-0.4, -0.2) is 24.5 Å². The van der Waals surface area contributed by atoms with E-state index in [1.54, 1.807) is 13.0 Å². The molecule has 6 heteroatoms. The minimum Gasteiger partial charge on any atom is -0.492 e. The van der Waals surface area contributed by atoms with E-state index in [4.69, 9.17) is 16.3 Å². The Hall–Kier alpha value is -1.75. The van der Waals surface area contributed by atoms with Crippen LogP contribution in [0.25, 0.3) is 0 Å². The standard InChI is InChI=1S/C17H21ClN2O3/c1-10(19-17(22)11-4-2-5-11)16(21)20-14-8-9-23-15-12(14)6-3-7-13(15)18/h3,6-7,10-11,14H,2,4-5,8-9H2,1H3,(H,19,22)(H,20,21)/t10-,14+/m1/s1. The van der Waals surface area contributed by atoms with Crippen LogP contribution in [0.15, 0.2) is 18.2 Å². The number of amides is 2. The van der Waals surface area contributed by atoms with Gasteiger partial charge in [0.15, 0.2) is 0 Å². The summed E-state index contributed by atoms with van der Waals surface area (Å²) in [5.41, 5.74) is 0.884. The Balaban J connectivity index is 1.62. The molecule has 2 aliphatic rings. The molecule has 0 bridgehead atoms. The predicted molar refractivity (Wildman–Crippen MR) is 87.4 cm³/mol. The average Bonchev–Trinajstić information content (AvgIpc) is 2.46. The quantitative estimate of drug-likeness (QED) is 0.888. The number of nitrogens with one attached hydrogen (secondary N) is 2. The molecule has 0 radical (unpaired) electrons. The van der Waals surface area contributed by atoms with Crippen molar-refractivity contribution in [2.24, 2.45) is 5.92 Å². The highest BCUT2D eigenvalue weighted by atomic mass is 35.5. The largest absolute Gasteiger partial charge is 0.492 e. The smallest absolute Gasteiger partial charge is 0.242 e. The van der Waals surface area contributed by atoms with Crippen molar-refractivity contribution in [3.8, 4) is 5.75 Å². The van der Waals surface area contributed by atoms with Gasteiger partial charge in [-0.05, 0) is 25.8 Å². The Morgan fingerprint density at radius 2 is 2.09 bits per heavy atom. The van der Waals surface area contributed by atoms with Crippen molar-refractivity contribution in [3.63, 3.8) is 0 Å². The maximum absolute atomic E-state index is 12.4. The van der Waals surface area contributed by atoms with Gasteiger partial charge in [-0.3, -0.25) is 9.59 Å². The van der Waals surface area contributed by atoms with E-state index in [1.165, 1.54) is 0 Å². The summed E-state index contributed by atoms with van der Waals surface area (Å²) >= 11 is 6.14. The summed E-state index contributed by atoms with van der Waals surface area (Å²) in [6.45, 7) is 2.22. The molecule has 0 unspecified atom stereocenters. The van der Waals surface area contributed by atoms with E-state index in [-0.39, 0.29) is 23.8 Å². The summed E-state index contributed by atoms with van der Waals surface area (Å²) in [5, 5.41) is 6.34. The molecule has 1 aliphatic heterocycles. The first-order valence-corrected chi connectivity index (χ1v) is 8.46. The zero-order chi connectivity index (χ0) is 16.4. The lowest BCUT2D eigenvalue weighted by atomic mass is 9.84. The highest BCUT2D eigenvalue weighted by Crippen LogP contribution is 2.37. The van der Waals surface area contributed by atoms with Crippen LogP contribution in [0, 0.1) is 5.92 Å². The summed E-state index contributed by atoms with van der Waals surface area (Å²) in [7, 11) is 0. The molecule has 1 heterocycles. The first-order valence-electron chi connectivity index (χ1n) is 8.08. The number of rotatable bonds is 4. The van der Waals surface area contributed by atoms with Crippen molar-refractivity contribution in [2.75, 3.05) is 6.61 Å². The minimum atomic E-state index is -0.548. The van der Waals surface area contributed by atoms with Crippen LogP contribution in [-0.2, 0) is 9.59 Å². The van der Waals surface area contributed by atoms with Gasteiger partial charge < -0.3 is 15.4 Å². The summed E-state index contributed by atoms with van der Waals surface area (Å²) in [6, 6.07) is 4.83. The molecule has 2 N–H and O–H groups in total. The number of hydrogen-bond donors (Lipinski definition) is 2.